The first-order chi connectivity index (χ1) is 9.20. The summed E-state index contributed by atoms with van der Waals surface area (Å²) >= 11 is 0. The maximum Gasteiger partial charge on any atom is 0.239 e. The molecule has 0 saturated heterocycles. The number of nitrogens with one attached hydrogen (secondary N) is 2. The molecule has 0 radical (unpaired) electrons. The molecule has 1 amide bonds. The summed E-state index contributed by atoms with van der Waals surface area (Å²) in [5.41, 5.74) is 1.18. The first kappa shape index (κ1) is 14.1. The van der Waals surface area contributed by atoms with Crippen molar-refractivity contribution in [3.8, 4) is 0 Å². The molecule has 1 aromatic heterocycles. The van der Waals surface area contributed by atoms with Crippen molar-refractivity contribution >= 4 is 5.91 Å². The number of carbonyl (C=O) groups excluding carboxylic acids is 1. The molecule has 0 aromatic carbocycles. The summed E-state index contributed by atoms with van der Waals surface area (Å²) in [5, 5.41) is 6.47. The SMILES string of the molecule is CCCNC(C)c1cccn1CC(=O)NCC1CC1. The Kier molecular flexibility index (Phi) is 5.02. The summed E-state index contributed by atoms with van der Waals surface area (Å²) in [6.45, 7) is 6.57. The van der Waals surface area contributed by atoms with Crippen molar-refractivity contribution in [2.45, 2.75) is 45.7 Å². The van der Waals surface area contributed by atoms with E-state index in [9.17, 15) is 4.79 Å². The van der Waals surface area contributed by atoms with E-state index in [2.05, 4.69) is 30.5 Å². The van der Waals surface area contributed by atoms with Gasteiger partial charge in [-0.25, -0.2) is 0 Å². The average molecular weight is 263 g/mol. The van der Waals surface area contributed by atoms with Gasteiger partial charge in [0.25, 0.3) is 0 Å². The third kappa shape index (κ3) is 4.39. The molecule has 1 aliphatic rings. The van der Waals surface area contributed by atoms with Crippen LogP contribution in [0.2, 0.25) is 0 Å². The quantitative estimate of drug-likeness (QED) is 0.754. The zero-order valence-corrected chi connectivity index (χ0v) is 12.0. The number of hydrogen-bond donors (Lipinski definition) is 2. The van der Waals surface area contributed by atoms with Crippen molar-refractivity contribution in [3.05, 3.63) is 24.0 Å². The molecular formula is C15H25N3O. The van der Waals surface area contributed by atoms with E-state index < -0.39 is 0 Å². The molecule has 4 nitrogen and oxygen atoms in total. The molecule has 106 valence electrons. The van der Waals surface area contributed by atoms with Crippen molar-refractivity contribution in [1.29, 1.82) is 0 Å². The van der Waals surface area contributed by atoms with Gasteiger partial charge in [0.1, 0.15) is 6.54 Å². The molecule has 1 heterocycles. The van der Waals surface area contributed by atoms with Crippen LogP contribution < -0.4 is 10.6 Å². The maximum atomic E-state index is 11.9. The molecule has 0 bridgehead atoms. The van der Waals surface area contributed by atoms with Gasteiger partial charge in [0, 0.05) is 24.5 Å². The molecule has 1 fully saturated rings. The predicted molar refractivity (Wildman–Crippen MR) is 76.9 cm³/mol. The predicted octanol–water partition coefficient (Wildman–Crippen LogP) is 2.07. The fourth-order valence-corrected chi connectivity index (χ4v) is 2.22. The molecule has 1 aromatic rings. The fraction of sp³-hybridized carbons (Fsp3) is 0.667. The minimum Gasteiger partial charge on any atom is -0.354 e. The minimum atomic E-state index is 0.118. The molecule has 1 aliphatic carbocycles. The van der Waals surface area contributed by atoms with Gasteiger partial charge in [0.2, 0.25) is 5.91 Å². The van der Waals surface area contributed by atoms with Gasteiger partial charge >= 0.3 is 0 Å². The molecule has 1 atom stereocenters. The summed E-state index contributed by atoms with van der Waals surface area (Å²) in [5.74, 6) is 0.852. The summed E-state index contributed by atoms with van der Waals surface area (Å²) in [6.07, 6.45) is 5.64. The number of amides is 1. The van der Waals surface area contributed by atoms with Crippen LogP contribution in [0.5, 0.6) is 0 Å². The highest BCUT2D eigenvalue weighted by Crippen LogP contribution is 2.27. The van der Waals surface area contributed by atoms with E-state index in [-0.39, 0.29) is 11.9 Å². The molecule has 2 N–H and O–H groups in total. The zero-order chi connectivity index (χ0) is 13.7. The van der Waals surface area contributed by atoms with Gasteiger partial charge in [-0.15, -0.1) is 0 Å². The Balaban J connectivity index is 1.84. The first-order valence-corrected chi connectivity index (χ1v) is 7.35. The molecule has 4 heteroatoms. The Labute approximate surface area is 115 Å². The van der Waals surface area contributed by atoms with E-state index in [1.165, 1.54) is 18.5 Å². The van der Waals surface area contributed by atoms with Gasteiger partial charge in [-0.05, 0) is 50.8 Å². The Morgan fingerprint density at radius 1 is 1.53 bits per heavy atom. The Hall–Kier alpha value is -1.29. The van der Waals surface area contributed by atoms with Crippen LogP contribution in [0.1, 0.15) is 44.8 Å². The lowest BCUT2D eigenvalue weighted by Crippen LogP contribution is -2.30. The second-order valence-corrected chi connectivity index (χ2v) is 5.48. The Morgan fingerprint density at radius 2 is 2.32 bits per heavy atom. The number of hydrogen-bond acceptors (Lipinski definition) is 2. The van der Waals surface area contributed by atoms with Crippen LogP contribution in [-0.4, -0.2) is 23.6 Å². The second-order valence-electron chi connectivity index (χ2n) is 5.48. The highest BCUT2D eigenvalue weighted by Gasteiger charge is 2.21. The third-order valence-corrected chi connectivity index (χ3v) is 3.61. The molecule has 1 unspecified atom stereocenters. The Morgan fingerprint density at radius 3 is 3.00 bits per heavy atom. The van der Waals surface area contributed by atoms with E-state index in [0.29, 0.717) is 6.54 Å². The lowest BCUT2D eigenvalue weighted by atomic mass is 10.2. The maximum absolute atomic E-state index is 11.9. The van der Waals surface area contributed by atoms with Crippen LogP contribution in [0.15, 0.2) is 18.3 Å². The molecule has 2 rings (SSSR count). The van der Waals surface area contributed by atoms with E-state index in [4.69, 9.17) is 0 Å². The summed E-state index contributed by atoms with van der Waals surface area (Å²) in [6, 6.07) is 4.38. The van der Waals surface area contributed by atoms with Crippen molar-refractivity contribution in [1.82, 2.24) is 15.2 Å². The van der Waals surface area contributed by atoms with Gasteiger partial charge in [0.15, 0.2) is 0 Å². The fourth-order valence-electron chi connectivity index (χ4n) is 2.22. The highest BCUT2D eigenvalue weighted by atomic mass is 16.1. The zero-order valence-electron chi connectivity index (χ0n) is 12.0. The van der Waals surface area contributed by atoms with Crippen LogP contribution in [0.25, 0.3) is 0 Å². The molecule has 1 saturated carbocycles. The van der Waals surface area contributed by atoms with Crippen LogP contribution in [0, 0.1) is 5.92 Å². The third-order valence-electron chi connectivity index (χ3n) is 3.61. The van der Waals surface area contributed by atoms with Crippen molar-refractivity contribution in [3.63, 3.8) is 0 Å². The van der Waals surface area contributed by atoms with Gasteiger partial charge in [-0.2, -0.15) is 0 Å². The molecule has 0 spiro atoms. The monoisotopic (exact) mass is 263 g/mol. The van der Waals surface area contributed by atoms with E-state index >= 15 is 0 Å². The summed E-state index contributed by atoms with van der Waals surface area (Å²) in [4.78, 5) is 11.9. The van der Waals surface area contributed by atoms with Crippen LogP contribution in [-0.2, 0) is 11.3 Å². The number of aromatic nitrogens is 1. The van der Waals surface area contributed by atoms with Crippen LogP contribution >= 0.6 is 0 Å². The van der Waals surface area contributed by atoms with E-state index in [1.807, 2.05) is 16.8 Å². The number of carbonyl (C=O) groups is 1. The average Bonchev–Trinajstić information content (AvgIpc) is 3.12. The minimum absolute atomic E-state index is 0.118. The van der Waals surface area contributed by atoms with Gasteiger partial charge in [-0.3, -0.25) is 4.79 Å². The van der Waals surface area contributed by atoms with Crippen molar-refractivity contribution < 1.29 is 4.79 Å². The summed E-state index contributed by atoms with van der Waals surface area (Å²) < 4.78 is 2.04. The van der Waals surface area contributed by atoms with E-state index in [0.717, 1.165) is 25.4 Å². The Bertz CT molecular complexity index is 409. The summed E-state index contributed by atoms with van der Waals surface area (Å²) in [7, 11) is 0. The van der Waals surface area contributed by atoms with Crippen LogP contribution in [0.3, 0.4) is 0 Å². The van der Waals surface area contributed by atoms with E-state index in [1.54, 1.807) is 0 Å². The smallest absolute Gasteiger partial charge is 0.239 e. The normalized spacial score (nSPS) is 16.3. The number of nitrogens with zero attached hydrogens (tertiary/aromatic N) is 1. The van der Waals surface area contributed by atoms with Crippen LogP contribution in [0.4, 0.5) is 0 Å². The lowest BCUT2D eigenvalue weighted by Gasteiger charge is -2.16. The standard InChI is InChI=1S/C15H25N3O/c1-3-8-16-12(2)14-5-4-9-18(14)11-15(19)17-10-13-6-7-13/h4-5,9,12-13,16H,3,6-8,10-11H2,1-2H3,(H,17,19). The van der Waals surface area contributed by atoms with Crippen molar-refractivity contribution in [2.75, 3.05) is 13.1 Å². The molecule has 19 heavy (non-hydrogen) atoms. The van der Waals surface area contributed by atoms with Gasteiger partial charge in [0.05, 0.1) is 0 Å². The van der Waals surface area contributed by atoms with Gasteiger partial charge < -0.3 is 15.2 Å². The molecule has 0 aliphatic heterocycles. The molecular weight excluding hydrogens is 238 g/mol. The lowest BCUT2D eigenvalue weighted by molar-refractivity contribution is -0.121. The number of rotatable bonds is 8. The first-order valence-electron chi connectivity index (χ1n) is 7.35. The topological polar surface area (TPSA) is 46.1 Å². The van der Waals surface area contributed by atoms with Crippen molar-refractivity contribution in [2.24, 2.45) is 5.92 Å². The highest BCUT2D eigenvalue weighted by molar-refractivity contribution is 5.75. The largest absolute Gasteiger partial charge is 0.354 e. The van der Waals surface area contributed by atoms with Gasteiger partial charge in [-0.1, -0.05) is 6.92 Å². The second kappa shape index (κ2) is 6.75.